The van der Waals surface area contributed by atoms with E-state index in [2.05, 4.69) is 20.8 Å². The molecule has 0 aromatic heterocycles. The van der Waals surface area contributed by atoms with Crippen LogP contribution in [0.3, 0.4) is 0 Å². The number of hydrogen-bond acceptors (Lipinski definition) is 2. The van der Waals surface area contributed by atoms with Crippen molar-refractivity contribution < 1.29 is 23.8 Å². The van der Waals surface area contributed by atoms with Crippen molar-refractivity contribution in [3.63, 3.8) is 0 Å². The summed E-state index contributed by atoms with van der Waals surface area (Å²) in [6, 6.07) is 0. The fourth-order valence-corrected chi connectivity index (χ4v) is 8.67. The van der Waals surface area contributed by atoms with Gasteiger partial charge in [0.2, 0.25) is 5.92 Å². The lowest BCUT2D eigenvalue weighted by Crippen LogP contribution is -2.59. The summed E-state index contributed by atoms with van der Waals surface area (Å²) >= 11 is 0. The van der Waals surface area contributed by atoms with Gasteiger partial charge in [-0.05, 0) is 91.3 Å². The van der Waals surface area contributed by atoms with E-state index in [0.717, 1.165) is 25.7 Å². The average Bonchev–Trinajstić information content (AvgIpc) is 2.98. The van der Waals surface area contributed by atoms with Crippen LogP contribution in [-0.2, 0) is 4.79 Å². The molecule has 0 bridgehead atoms. The number of alkyl halides is 2. The molecule has 9 atom stereocenters. The zero-order valence-electron chi connectivity index (χ0n) is 18.2. The zero-order chi connectivity index (χ0) is 21.2. The predicted molar refractivity (Wildman–Crippen MR) is 108 cm³/mol. The Bertz CT molecular complexity index is 652. The number of aliphatic hydroxyl groups is 1. The number of fused-ring (bicyclic) bond motifs is 5. The molecule has 9 unspecified atom stereocenters. The molecule has 4 fully saturated rings. The van der Waals surface area contributed by atoms with Crippen molar-refractivity contribution in [1.29, 1.82) is 0 Å². The summed E-state index contributed by atoms with van der Waals surface area (Å²) in [4.78, 5) is 11.0. The first-order chi connectivity index (χ1) is 13.5. The largest absolute Gasteiger partial charge is 0.481 e. The van der Waals surface area contributed by atoms with Gasteiger partial charge in [0, 0.05) is 19.3 Å². The number of rotatable bonds is 4. The van der Waals surface area contributed by atoms with Crippen LogP contribution < -0.4 is 0 Å². The summed E-state index contributed by atoms with van der Waals surface area (Å²) in [5, 5.41) is 20.2. The molecular formula is C24H38F2O3. The standard InChI is InChI=1S/C24H38F2O3/c1-14(4-7-20(28)29)16-5-6-17-21-18(8-9-23(16,17)3)22(2)10-11-24(25,26)13-15(22)12-19(21)27/h14-19,21,27H,4-13H2,1-3H3,(H,28,29). The third kappa shape index (κ3) is 3.43. The van der Waals surface area contributed by atoms with E-state index in [0.29, 0.717) is 42.9 Å². The predicted octanol–water partition coefficient (Wildman–Crippen LogP) is 5.75. The monoisotopic (exact) mass is 412 g/mol. The van der Waals surface area contributed by atoms with Gasteiger partial charge >= 0.3 is 5.97 Å². The topological polar surface area (TPSA) is 57.5 Å². The second kappa shape index (κ2) is 7.17. The highest BCUT2D eigenvalue weighted by molar-refractivity contribution is 5.66. The van der Waals surface area contributed by atoms with E-state index in [-0.39, 0.29) is 41.9 Å². The molecule has 166 valence electrons. The first-order valence-corrected chi connectivity index (χ1v) is 11.8. The molecule has 0 amide bonds. The number of halogens is 2. The van der Waals surface area contributed by atoms with Gasteiger partial charge in [-0.25, -0.2) is 8.78 Å². The number of aliphatic hydroxyl groups excluding tert-OH is 1. The first-order valence-electron chi connectivity index (χ1n) is 11.8. The molecule has 0 saturated heterocycles. The molecular weight excluding hydrogens is 374 g/mol. The van der Waals surface area contributed by atoms with Crippen LogP contribution in [0.2, 0.25) is 0 Å². The molecule has 0 spiro atoms. The summed E-state index contributed by atoms with van der Waals surface area (Å²) < 4.78 is 28.2. The fourth-order valence-electron chi connectivity index (χ4n) is 8.67. The third-order valence-electron chi connectivity index (χ3n) is 10.2. The van der Waals surface area contributed by atoms with Crippen molar-refractivity contribution in [3.8, 4) is 0 Å². The van der Waals surface area contributed by atoms with Gasteiger partial charge in [0.05, 0.1) is 6.10 Å². The van der Waals surface area contributed by atoms with Gasteiger partial charge in [-0.2, -0.15) is 0 Å². The van der Waals surface area contributed by atoms with Crippen molar-refractivity contribution >= 4 is 5.97 Å². The highest BCUT2D eigenvalue weighted by atomic mass is 19.3. The maximum atomic E-state index is 14.1. The van der Waals surface area contributed by atoms with E-state index < -0.39 is 18.0 Å². The quantitative estimate of drug-likeness (QED) is 0.618. The van der Waals surface area contributed by atoms with Crippen LogP contribution in [-0.4, -0.2) is 28.2 Å². The summed E-state index contributed by atoms with van der Waals surface area (Å²) in [5.41, 5.74) is 0.0712. The van der Waals surface area contributed by atoms with Crippen LogP contribution in [0.4, 0.5) is 8.78 Å². The Labute approximate surface area is 173 Å². The number of aliphatic carboxylic acids is 1. The molecule has 0 aromatic carbocycles. The van der Waals surface area contributed by atoms with E-state index >= 15 is 0 Å². The smallest absolute Gasteiger partial charge is 0.303 e. The lowest BCUT2D eigenvalue weighted by atomic mass is 9.43. The summed E-state index contributed by atoms with van der Waals surface area (Å²) in [7, 11) is 0. The normalized spacial score (nSPS) is 49.6. The number of carbonyl (C=O) groups is 1. The SMILES string of the molecule is CC(CCC(=O)O)C1CCC2C3C(O)CC4CC(F)(F)CCC4(C)C3CCC12C. The van der Waals surface area contributed by atoms with E-state index in [1.165, 1.54) is 0 Å². The average molecular weight is 413 g/mol. The Kier molecular flexibility index (Phi) is 5.32. The number of carboxylic acids is 1. The summed E-state index contributed by atoms with van der Waals surface area (Å²) in [6.45, 7) is 6.81. The molecule has 29 heavy (non-hydrogen) atoms. The van der Waals surface area contributed by atoms with E-state index in [1.54, 1.807) is 0 Å². The Morgan fingerprint density at radius 3 is 2.45 bits per heavy atom. The molecule has 0 radical (unpaired) electrons. The van der Waals surface area contributed by atoms with Gasteiger partial charge in [0.1, 0.15) is 0 Å². The minimum absolute atomic E-state index is 0.00387. The van der Waals surface area contributed by atoms with Crippen molar-refractivity contribution in [2.45, 2.75) is 97.0 Å². The second-order valence-electron chi connectivity index (χ2n) is 11.5. The maximum absolute atomic E-state index is 14.1. The maximum Gasteiger partial charge on any atom is 0.303 e. The molecule has 4 rings (SSSR count). The minimum Gasteiger partial charge on any atom is -0.481 e. The molecule has 5 heteroatoms. The molecule has 0 heterocycles. The molecule has 0 aliphatic heterocycles. The van der Waals surface area contributed by atoms with Gasteiger partial charge in [0.15, 0.2) is 0 Å². The summed E-state index contributed by atoms with van der Waals surface area (Å²) in [6.07, 6.45) is 5.83. The van der Waals surface area contributed by atoms with Crippen LogP contribution in [0.5, 0.6) is 0 Å². The zero-order valence-corrected chi connectivity index (χ0v) is 18.2. The molecule has 2 N–H and O–H groups in total. The van der Waals surface area contributed by atoms with Crippen LogP contribution in [0.15, 0.2) is 0 Å². The van der Waals surface area contributed by atoms with E-state index in [4.69, 9.17) is 5.11 Å². The number of carboxylic acid groups (broad SMARTS) is 1. The Morgan fingerprint density at radius 1 is 1.07 bits per heavy atom. The fraction of sp³-hybridized carbons (Fsp3) is 0.958. The molecule has 0 aromatic rings. The third-order valence-corrected chi connectivity index (χ3v) is 10.2. The van der Waals surface area contributed by atoms with Crippen molar-refractivity contribution in [1.82, 2.24) is 0 Å². The Hall–Kier alpha value is -0.710. The Morgan fingerprint density at radius 2 is 1.76 bits per heavy atom. The van der Waals surface area contributed by atoms with Gasteiger partial charge < -0.3 is 10.2 Å². The highest BCUT2D eigenvalue weighted by Gasteiger charge is 2.64. The van der Waals surface area contributed by atoms with Crippen LogP contribution in [0.25, 0.3) is 0 Å². The van der Waals surface area contributed by atoms with Gasteiger partial charge in [-0.1, -0.05) is 20.8 Å². The second-order valence-corrected chi connectivity index (χ2v) is 11.5. The lowest BCUT2D eigenvalue weighted by molar-refractivity contribution is -0.196. The first kappa shape index (κ1) is 21.5. The van der Waals surface area contributed by atoms with Crippen LogP contribution in [0.1, 0.15) is 85.0 Å². The minimum atomic E-state index is -2.57. The van der Waals surface area contributed by atoms with Gasteiger partial charge in [0.25, 0.3) is 0 Å². The van der Waals surface area contributed by atoms with Gasteiger partial charge in [-0.15, -0.1) is 0 Å². The van der Waals surface area contributed by atoms with Crippen molar-refractivity contribution in [2.75, 3.05) is 0 Å². The highest BCUT2D eigenvalue weighted by Crippen LogP contribution is 2.69. The lowest BCUT2D eigenvalue weighted by Gasteiger charge is -2.62. The van der Waals surface area contributed by atoms with E-state index in [9.17, 15) is 18.7 Å². The molecule has 4 saturated carbocycles. The van der Waals surface area contributed by atoms with Crippen LogP contribution >= 0.6 is 0 Å². The van der Waals surface area contributed by atoms with Crippen molar-refractivity contribution in [3.05, 3.63) is 0 Å². The summed E-state index contributed by atoms with van der Waals surface area (Å²) in [5.74, 6) is -1.49. The van der Waals surface area contributed by atoms with Crippen molar-refractivity contribution in [2.24, 2.45) is 46.3 Å². The molecule has 4 aliphatic carbocycles. The molecule has 3 nitrogen and oxygen atoms in total. The molecule has 4 aliphatic rings. The van der Waals surface area contributed by atoms with Crippen LogP contribution in [0, 0.1) is 46.3 Å². The number of hydrogen-bond donors (Lipinski definition) is 2. The Balaban J connectivity index is 1.56. The van der Waals surface area contributed by atoms with Gasteiger partial charge in [-0.3, -0.25) is 4.79 Å². The van der Waals surface area contributed by atoms with E-state index in [1.807, 2.05) is 0 Å².